The van der Waals surface area contributed by atoms with E-state index >= 15 is 0 Å². The van der Waals surface area contributed by atoms with E-state index in [1.807, 2.05) is 13.8 Å². The van der Waals surface area contributed by atoms with Crippen molar-refractivity contribution < 1.29 is 9.59 Å². The number of carbonyl (C=O) groups excluding carboxylic acids is 2. The molecule has 1 aliphatic heterocycles. The summed E-state index contributed by atoms with van der Waals surface area (Å²) in [5, 5.41) is 0. The van der Waals surface area contributed by atoms with Gasteiger partial charge in [0.25, 0.3) is 0 Å². The zero-order valence-corrected chi connectivity index (χ0v) is 12.5. The first-order valence-electron chi connectivity index (χ1n) is 7.00. The van der Waals surface area contributed by atoms with Gasteiger partial charge in [-0.3, -0.25) is 14.5 Å². The van der Waals surface area contributed by atoms with Crippen molar-refractivity contribution >= 4 is 29.0 Å². The van der Waals surface area contributed by atoms with Crippen LogP contribution in [-0.2, 0) is 9.59 Å². The summed E-state index contributed by atoms with van der Waals surface area (Å²) < 4.78 is 0. The van der Waals surface area contributed by atoms with Crippen molar-refractivity contribution in [2.75, 3.05) is 0 Å². The maximum atomic E-state index is 12.4. The molecule has 2 fully saturated rings. The number of hydrogen-bond donors (Lipinski definition) is 1. The lowest BCUT2D eigenvalue weighted by Crippen LogP contribution is -2.57. The molecule has 0 radical (unpaired) electrons. The standard InChI is InChI=1S/C14H22N2O2S/c1-9(2)12(13(15)19)16-10(17)7-14(8-11(16)18)5-3-4-6-14/h9,12H,3-8H2,1-2H3,(H2,15,19). The van der Waals surface area contributed by atoms with E-state index in [1.54, 1.807) is 0 Å². The number of imide groups is 1. The molecule has 2 rings (SSSR count). The summed E-state index contributed by atoms with van der Waals surface area (Å²) in [7, 11) is 0. The zero-order valence-electron chi connectivity index (χ0n) is 11.6. The molecule has 1 heterocycles. The lowest BCUT2D eigenvalue weighted by atomic mass is 9.75. The Morgan fingerprint density at radius 1 is 1.21 bits per heavy atom. The molecule has 0 aromatic heterocycles. The quantitative estimate of drug-likeness (QED) is 0.635. The van der Waals surface area contributed by atoms with Crippen molar-refractivity contribution in [3.63, 3.8) is 0 Å². The topological polar surface area (TPSA) is 63.4 Å². The van der Waals surface area contributed by atoms with E-state index in [1.165, 1.54) is 4.90 Å². The van der Waals surface area contributed by atoms with Gasteiger partial charge in [0.15, 0.2) is 0 Å². The van der Waals surface area contributed by atoms with Gasteiger partial charge in [-0.15, -0.1) is 0 Å². The maximum Gasteiger partial charge on any atom is 0.230 e. The average molecular weight is 282 g/mol. The Balaban J connectivity index is 2.22. The van der Waals surface area contributed by atoms with Crippen LogP contribution in [0.4, 0.5) is 0 Å². The van der Waals surface area contributed by atoms with Crippen LogP contribution < -0.4 is 5.73 Å². The SMILES string of the molecule is CC(C)C(C(N)=S)N1C(=O)CC2(CCCC2)CC1=O. The summed E-state index contributed by atoms with van der Waals surface area (Å²) in [4.78, 5) is 26.4. The van der Waals surface area contributed by atoms with E-state index < -0.39 is 6.04 Å². The van der Waals surface area contributed by atoms with Gasteiger partial charge in [-0.05, 0) is 24.2 Å². The first-order chi connectivity index (χ1) is 8.86. The average Bonchev–Trinajstić information content (AvgIpc) is 2.70. The fourth-order valence-electron chi connectivity index (χ4n) is 3.56. The molecule has 0 aromatic carbocycles. The van der Waals surface area contributed by atoms with E-state index in [-0.39, 0.29) is 28.1 Å². The number of amides is 2. The number of piperidine rings is 1. The predicted molar refractivity (Wildman–Crippen MR) is 77.4 cm³/mol. The summed E-state index contributed by atoms with van der Waals surface area (Å²) in [5.74, 6) is -0.127. The van der Waals surface area contributed by atoms with E-state index in [0.29, 0.717) is 12.8 Å². The molecule has 1 aliphatic carbocycles. The monoisotopic (exact) mass is 282 g/mol. The number of carbonyl (C=O) groups is 2. The van der Waals surface area contributed by atoms with Gasteiger partial charge in [0.2, 0.25) is 11.8 Å². The van der Waals surface area contributed by atoms with Gasteiger partial charge in [0.05, 0.1) is 11.0 Å². The van der Waals surface area contributed by atoms with E-state index in [2.05, 4.69) is 0 Å². The number of rotatable bonds is 3. The van der Waals surface area contributed by atoms with Crippen LogP contribution in [-0.4, -0.2) is 27.7 Å². The molecule has 1 saturated carbocycles. The first-order valence-corrected chi connectivity index (χ1v) is 7.41. The molecule has 1 spiro atoms. The molecule has 1 saturated heterocycles. The third-order valence-corrected chi connectivity index (χ3v) is 4.70. The van der Waals surface area contributed by atoms with E-state index in [4.69, 9.17) is 18.0 Å². The molecule has 2 amide bonds. The number of likely N-dealkylation sites (tertiary alicyclic amines) is 1. The normalized spacial score (nSPS) is 24.3. The molecule has 1 atom stereocenters. The Hall–Kier alpha value is -0.970. The largest absolute Gasteiger partial charge is 0.392 e. The second-order valence-corrected chi connectivity index (χ2v) is 6.78. The second-order valence-electron chi connectivity index (χ2n) is 6.31. The fourth-order valence-corrected chi connectivity index (χ4v) is 3.93. The summed E-state index contributed by atoms with van der Waals surface area (Å²) in [6.07, 6.45) is 5.21. The van der Waals surface area contributed by atoms with Crippen molar-refractivity contribution in [3.05, 3.63) is 0 Å². The Morgan fingerprint density at radius 3 is 2.05 bits per heavy atom. The number of thiocarbonyl (C=S) groups is 1. The van der Waals surface area contributed by atoms with Crippen LogP contribution in [0.1, 0.15) is 52.4 Å². The smallest absolute Gasteiger partial charge is 0.230 e. The highest BCUT2D eigenvalue weighted by atomic mass is 32.1. The van der Waals surface area contributed by atoms with Gasteiger partial charge in [-0.2, -0.15) is 0 Å². The molecular weight excluding hydrogens is 260 g/mol. The Kier molecular flexibility index (Phi) is 3.95. The van der Waals surface area contributed by atoms with Crippen LogP contribution >= 0.6 is 12.2 Å². The molecular formula is C14H22N2O2S. The Morgan fingerprint density at radius 2 is 1.68 bits per heavy atom. The van der Waals surface area contributed by atoms with Crippen LogP contribution in [0, 0.1) is 11.3 Å². The van der Waals surface area contributed by atoms with Crippen LogP contribution in [0.2, 0.25) is 0 Å². The minimum atomic E-state index is -0.436. The second kappa shape index (κ2) is 5.19. The van der Waals surface area contributed by atoms with Gasteiger partial charge < -0.3 is 5.73 Å². The van der Waals surface area contributed by atoms with Crippen LogP contribution in [0.15, 0.2) is 0 Å². The molecule has 4 nitrogen and oxygen atoms in total. The van der Waals surface area contributed by atoms with Crippen LogP contribution in [0.25, 0.3) is 0 Å². The van der Waals surface area contributed by atoms with Crippen LogP contribution in [0.3, 0.4) is 0 Å². The summed E-state index contributed by atoms with van der Waals surface area (Å²) in [5.41, 5.74) is 5.66. The predicted octanol–water partition coefficient (Wildman–Crippen LogP) is 2.01. The molecule has 106 valence electrons. The lowest BCUT2D eigenvalue weighted by molar-refractivity contribution is -0.155. The third kappa shape index (κ3) is 2.66. The summed E-state index contributed by atoms with van der Waals surface area (Å²) in [6, 6.07) is -0.436. The van der Waals surface area contributed by atoms with Crippen LogP contribution in [0.5, 0.6) is 0 Å². The summed E-state index contributed by atoms with van der Waals surface area (Å²) in [6.45, 7) is 3.87. The Labute approximate surface area is 119 Å². The minimum Gasteiger partial charge on any atom is -0.392 e. The minimum absolute atomic E-state index is 0.0584. The van der Waals surface area contributed by atoms with Crippen molar-refractivity contribution in [1.82, 2.24) is 4.90 Å². The van der Waals surface area contributed by atoms with Gasteiger partial charge in [0, 0.05) is 12.8 Å². The number of hydrogen-bond acceptors (Lipinski definition) is 3. The van der Waals surface area contributed by atoms with E-state index in [0.717, 1.165) is 25.7 Å². The zero-order chi connectivity index (χ0) is 14.2. The van der Waals surface area contributed by atoms with Crippen molar-refractivity contribution in [3.8, 4) is 0 Å². The third-order valence-electron chi connectivity index (χ3n) is 4.46. The van der Waals surface area contributed by atoms with Gasteiger partial charge in [0.1, 0.15) is 0 Å². The molecule has 19 heavy (non-hydrogen) atoms. The van der Waals surface area contributed by atoms with Crippen molar-refractivity contribution in [2.45, 2.75) is 58.4 Å². The molecule has 2 N–H and O–H groups in total. The maximum absolute atomic E-state index is 12.4. The Bertz CT molecular complexity index is 394. The van der Waals surface area contributed by atoms with Crippen molar-refractivity contribution in [1.29, 1.82) is 0 Å². The molecule has 1 unspecified atom stereocenters. The number of nitrogens with two attached hydrogens (primary N) is 1. The lowest BCUT2D eigenvalue weighted by Gasteiger charge is -2.41. The van der Waals surface area contributed by atoms with Gasteiger partial charge in [-0.1, -0.05) is 38.9 Å². The molecule has 0 bridgehead atoms. The van der Waals surface area contributed by atoms with Gasteiger partial charge in [-0.25, -0.2) is 0 Å². The molecule has 0 aromatic rings. The van der Waals surface area contributed by atoms with Crippen molar-refractivity contribution in [2.24, 2.45) is 17.1 Å². The summed E-state index contributed by atoms with van der Waals surface area (Å²) >= 11 is 5.04. The number of nitrogens with zero attached hydrogens (tertiary/aromatic N) is 1. The highest BCUT2D eigenvalue weighted by Gasteiger charge is 2.47. The highest BCUT2D eigenvalue weighted by molar-refractivity contribution is 7.80. The van der Waals surface area contributed by atoms with E-state index in [9.17, 15) is 9.59 Å². The first kappa shape index (κ1) is 14.4. The highest BCUT2D eigenvalue weighted by Crippen LogP contribution is 2.47. The van der Waals surface area contributed by atoms with Gasteiger partial charge >= 0.3 is 0 Å². The molecule has 5 heteroatoms. The fraction of sp³-hybridized carbons (Fsp3) is 0.786. The molecule has 2 aliphatic rings.